The third-order valence-electron chi connectivity index (χ3n) is 5.49. The molecule has 4 rings (SSSR count). The van der Waals surface area contributed by atoms with Crippen molar-refractivity contribution >= 4 is 27.7 Å². The molecule has 1 aliphatic carbocycles. The number of benzene rings is 2. The summed E-state index contributed by atoms with van der Waals surface area (Å²) in [4.78, 5) is 26.1. The highest BCUT2D eigenvalue weighted by atomic mass is 79.9. The van der Waals surface area contributed by atoms with Crippen molar-refractivity contribution in [3.05, 3.63) is 93.0 Å². The number of Topliss-reactive ketones (excluding diaryl/α,β-unsaturated/α-hetero) is 1. The van der Waals surface area contributed by atoms with E-state index >= 15 is 0 Å². The van der Waals surface area contributed by atoms with Crippen molar-refractivity contribution in [3.63, 3.8) is 0 Å². The second-order valence-electron chi connectivity index (χ2n) is 7.36. The van der Waals surface area contributed by atoms with Crippen LogP contribution in [-0.4, -0.2) is 18.4 Å². The van der Waals surface area contributed by atoms with E-state index in [0.717, 1.165) is 15.6 Å². The van der Waals surface area contributed by atoms with E-state index in [2.05, 4.69) is 15.9 Å². The van der Waals surface area contributed by atoms with Gasteiger partial charge in [-0.1, -0.05) is 58.4 Å². The van der Waals surface area contributed by atoms with Crippen LogP contribution in [-0.2, 0) is 19.1 Å². The van der Waals surface area contributed by atoms with Crippen molar-refractivity contribution in [3.8, 4) is 0 Å². The van der Waals surface area contributed by atoms with Crippen LogP contribution in [0.25, 0.3) is 0 Å². The highest BCUT2D eigenvalue weighted by molar-refractivity contribution is 9.10. The molecule has 6 heteroatoms. The Labute approximate surface area is 183 Å². The molecular weight excluding hydrogens is 446 g/mol. The zero-order valence-electron chi connectivity index (χ0n) is 16.6. The Kier molecular flexibility index (Phi) is 5.77. The van der Waals surface area contributed by atoms with Gasteiger partial charge in [0.25, 0.3) is 0 Å². The maximum Gasteiger partial charge on any atom is 0.340 e. The zero-order valence-corrected chi connectivity index (χ0v) is 18.1. The molecule has 2 aromatic carbocycles. The molecule has 2 atom stereocenters. The first kappa shape index (κ1) is 20.4. The lowest BCUT2D eigenvalue weighted by Crippen LogP contribution is -2.33. The molecule has 0 saturated carbocycles. The fourth-order valence-corrected chi connectivity index (χ4v) is 4.61. The molecule has 2 N–H and O–H groups in total. The van der Waals surface area contributed by atoms with Gasteiger partial charge >= 0.3 is 5.97 Å². The predicted octanol–water partition coefficient (Wildman–Crippen LogP) is 4.70. The summed E-state index contributed by atoms with van der Waals surface area (Å²) in [6.45, 7) is 1.93. The summed E-state index contributed by atoms with van der Waals surface area (Å²) < 4.78 is 12.0. The molecular formula is C24H22BrNO4. The Bertz CT molecular complexity index is 1060. The molecule has 1 aliphatic heterocycles. The first-order valence-electron chi connectivity index (χ1n) is 9.90. The minimum atomic E-state index is -0.616. The number of allylic oxidation sites excluding steroid dienone is 2. The van der Waals surface area contributed by atoms with Gasteiger partial charge in [-0.05, 0) is 36.1 Å². The average molecular weight is 468 g/mol. The van der Waals surface area contributed by atoms with Crippen LogP contribution in [0.5, 0.6) is 0 Å². The molecule has 2 aromatic rings. The maximum atomic E-state index is 13.3. The molecule has 0 bridgehead atoms. The molecule has 0 fully saturated rings. The zero-order chi connectivity index (χ0) is 21.3. The van der Waals surface area contributed by atoms with Gasteiger partial charge in [-0.3, -0.25) is 4.79 Å². The van der Waals surface area contributed by atoms with Crippen molar-refractivity contribution in [2.45, 2.75) is 31.6 Å². The Hall–Kier alpha value is -2.86. The number of rotatable bonds is 4. The molecule has 30 heavy (non-hydrogen) atoms. The molecule has 5 nitrogen and oxygen atoms in total. The van der Waals surface area contributed by atoms with E-state index in [1.54, 1.807) is 6.92 Å². The van der Waals surface area contributed by atoms with Crippen molar-refractivity contribution < 1.29 is 19.1 Å². The topological polar surface area (TPSA) is 78.6 Å². The van der Waals surface area contributed by atoms with E-state index in [1.165, 1.54) is 0 Å². The smallest absolute Gasteiger partial charge is 0.340 e. The summed E-state index contributed by atoms with van der Waals surface area (Å²) in [5, 5.41) is 0. The minimum absolute atomic E-state index is 0.00122. The monoisotopic (exact) mass is 467 g/mol. The number of carbonyl (C=O) groups is 2. The second-order valence-corrected chi connectivity index (χ2v) is 8.28. The Balaban J connectivity index is 1.81. The summed E-state index contributed by atoms with van der Waals surface area (Å²) in [5.74, 6) is -0.671. The third-order valence-corrected chi connectivity index (χ3v) is 5.98. The number of ether oxygens (including phenoxy) is 2. The van der Waals surface area contributed by atoms with Gasteiger partial charge in [0, 0.05) is 22.9 Å². The number of nitrogens with two attached hydrogens (primary N) is 1. The molecule has 0 spiro atoms. The lowest BCUT2D eigenvalue weighted by Gasteiger charge is -2.35. The van der Waals surface area contributed by atoms with Crippen LogP contribution in [0.1, 0.15) is 42.7 Å². The maximum absolute atomic E-state index is 13.3. The number of hydrogen-bond donors (Lipinski definition) is 1. The van der Waals surface area contributed by atoms with Gasteiger partial charge in [0.1, 0.15) is 11.3 Å². The van der Waals surface area contributed by atoms with Gasteiger partial charge in [-0.15, -0.1) is 0 Å². The number of carbonyl (C=O) groups excluding carboxylic acids is 2. The SMILES string of the molecule is CCOC(=O)C1=C(N)OC2=C(C(=O)C[C@H](c3ccccc3)C2)[C@@H]1c1cccc(Br)c1. The number of hydrogen-bond acceptors (Lipinski definition) is 5. The minimum Gasteiger partial charge on any atom is -0.462 e. The summed E-state index contributed by atoms with van der Waals surface area (Å²) in [6, 6.07) is 17.4. The van der Waals surface area contributed by atoms with Gasteiger partial charge in [0.05, 0.1) is 12.5 Å². The van der Waals surface area contributed by atoms with Crippen molar-refractivity contribution in [1.82, 2.24) is 0 Å². The van der Waals surface area contributed by atoms with Gasteiger partial charge in [0.2, 0.25) is 5.88 Å². The van der Waals surface area contributed by atoms with Crippen LogP contribution in [0.15, 0.2) is 81.9 Å². The molecule has 154 valence electrons. The highest BCUT2D eigenvalue weighted by Gasteiger charge is 2.43. The summed E-state index contributed by atoms with van der Waals surface area (Å²) in [6.07, 6.45) is 0.902. The molecule has 1 heterocycles. The van der Waals surface area contributed by atoms with Crippen LogP contribution in [0.2, 0.25) is 0 Å². The number of esters is 1. The lowest BCUT2D eigenvalue weighted by molar-refractivity contribution is -0.139. The van der Waals surface area contributed by atoms with E-state index in [9.17, 15) is 9.59 Å². The average Bonchev–Trinajstić information content (AvgIpc) is 2.73. The first-order valence-corrected chi connectivity index (χ1v) is 10.7. The third kappa shape index (κ3) is 3.79. The van der Waals surface area contributed by atoms with E-state index in [0.29, 0.717) is 24.2 Å². The summed E-state index contributed by atoms with van der Waals surface area (Å²) in [7, 11) is 0. The van der Waals surface area contributed by atoms with E-state index < -0.39 is 11.9 Å². The summed E-state index contributed by atoms with van der Waals surface area (Å²) >= 11 is 3.48. The highest BCUT2D eigenvalue weighted by Crippen LogP contribution is 2.47. The van der Waals surface area contributed by atoms with E-state index in [1.807, 2.05) is 54.6 Å². The quantitative estimate of drug-likeness (QED) is 0.659. The number of ketones is 1. The predicted molar refractivity (Wildman–Crippen MR) is 116 cm³/mol. The molecule has 0 aromatic heterocycles. The van der Waals surface area contributed by atoms with Gasteiger partial charge in [0.15, 0.2) is 5.78 Å². The molecule has 0 radical (unpaired) electrons. The second kappa shape index (κ2) is 8.48. The molecule has 0 saturated heterocycles. The van der Waals surface area contributed by atoms with E-state index in [4.69, 9.17) is 15.2 Å². The largest absolute Gasteiger partial charge is 0.462 e. The Morgan fingerprint density at radius 2 is 1.87 bits per heavy atom. The van der Waals surface area contributed by atoms with Crippen LogP contribution in [0, 0.1) is 0 Å². The normalized spacial score (nSPS) is 21.2. The van der Waals surface area contributed by atoms with Crippen molar-refractivity contribution in [1.29, 1.82) is 0 Å². The molecule has 2 aliphatic rings. The van der Waals surface area contributed by atoms with Crippen molar-refractivity contribution in [2.24, 2.45) is 5.73 Å². The molecule has 0 unspecified atom stereocenters. The van der Waals surface area contributed by atoms with Gasteiger partial charge < -0.3 is 15.2 Å². The fraction of sp³-hybridized carbons (Fsp3) is 0.250. The molecule has 0 amide bonds. The van der Waals surface area contributed by atoms with Gasteiger partial charge in [-0.25, -0.2) is 4.79 Å². The van der Waals surface area contributed by atoms with Crippen LogP contribution in [0.3, 0.4) is 0 Å². The van der Waals surface area contributed by atoms with E-state index in [-0.39, 0.29) is 29.8 Å². The van der Waals surface area contributed by atoms with Crippen LogP contribution >= 0.6 is 15.9 Å². The Morgan fingerprint density at radius 3 is 2.57 bits per heavy atom. The number of halogens is 1. The standard InChI is InChI=1S/C24H22BrNO4/c1-2-29-24(28)22-20(15-9-6-10-17(25)11-15)21-18(27)12-16(13-19(21)30-23(22)26)14-7-4-3-5-8-14/h3-11,16,20H,2,12-13,26H2,1H3/t16-,20-/m0/s1. The lowest BCUT2D eigenvalue weighted by atomic mass is 9.73. The fourth-order valence-electron chi connectivity index (χ4n) is 4.20. The Morgan fingerprint density at radius 1 is 1.13 bits per heavy atom. The van der Waals surface area contributed by atoms with Gasteiger partial charge in [-0.2, -0.15) is 0 Å². The summed E-state index contributed by atoms with van der Waals surface area (Å²) in [5.41, 5.74) is 8.76. The first-order chi connectivity index (χ1) is 14.5. The van der Waals surface area contributed by atoms with Crippen LogP contribution < -0.4 is 5.73 Å². The van der Waals surface area contributed by atoms with Crippen LogP contribution in [0.4, 0.5) is 0 Å². The van der Waals surface area contributed by atoms with Crippen molar-refractivity contribution in [2.75, 3.05) is 6.61 Å².